The van der Waals surface area contributed by atoms with Crippen LogP contribution in [0.25, 0.3) is 0 Å². The minimum absolute atomic E-state index is 0.135. The second kappa shape index (κ2) is 9.34. The number of nitrogens with two attached hydrogens (primary N) is 1. The molecule has 3 aromatic rings. The molecule has 0 spiro atoms. The molecule has 0 bridgehead atoms. The standard InChI is InChI=1S/C21H23ClN4O3/c1-2-25(12-13-29-17-10-8-16(22)9-11-17)18-19(23)26(21(28)24-20(18)27)14-15-6-4-3-5-7-15/h3-11H,2,12-14,23H2,1H3,(H,24,27,28). The third kappa shape index (κ3) is 5.00. The van der Waals surface area contributed by atoms with Crippen LogP contribution >= 0.6 is 11.6 Å². The molecule has 0 atom stereocenters. The van der Waals surface area contributed by atoms with Crippen molar-refractivity contribution in [1.29, 1.82) is 0 Å². The Kier molecular flexibility index (Phi) is 6.61. The Labute approximate surface area is 173 Å². The van der Waals surface area contributed by atoms with Crippen molar-refractivity contribution in [3.8, 4) is 5.75 Å². The molecule has 1 aromatic heterocycles. The Morgan fingerprint density at radius 2 is 1.79 bits per heavy atom. The van der Waals surface area contributed by atoms with E-state index in [1.54, 1.807) is 29.2 Å². The highest BCUT2D eigenvalue weighted by Crippen LogP contribution is 2.18. The molecule has 0 aliphatic carbocycles. The van der Waals surface area contributed by atoms with Crippen LogP contribution in [-0.4, -0.2) is 29.2 Å². The molecule has 0 radical (unpaired) electrons. The van der Waals surface area contributed by atoms with Crippen molar-refractivity contribution in [2.24, 2.45) is 0 Å². The highest BCUT2D eigenvalue weighted by atomic mass is 35.5. The van der Waals surface area contributed by atoms with Crippen LogP contribution in [-0.2, 0) is 6.54 Å². The Balaban J connectivity index is 1.81. The van der Waals surface area contributed by atoms with Gasteiger partial charge in [0.05, 0.1) is 13.1 Å². The van der Waals surface area contributed by atoms with Gasteiger partial charge in [-0.25, -0.2) is 4.79 Å². The van der Waals surface area contributed by atoms with Gasteiger partial charge in [-0.2, -0.15) is 0 Å². The number of hydrogen-bond acceptors (Lipinski definition) is 5. The van der Waals surface area contributed by atoms with Gasteiger partial charge in [0.1, 0.15) is 23.9 Å². The van der Waals surface area contributed by atoms with Gasteiger partial charge in [-0.3, -0.25) is 14.3 Å². The molecule has 0 saturated heterocycles. The number of nitrogen functional groups attached to an aromatic ring is 1. The quantitative estimate of drug-likeness (QED) is 0.591. The number of rotatable bonds is 8. The number of aromatic nitrogens is 2. The van der Waals surface area contributed by atoms with Crippen LogP contribution in [0.5, 0.6) is 5.75 Å². The summed E-state index contributed by atoms with van der Waals surface area (Å²) in [6, 6.07) is 16.5. The molecule has 3 rings (SSSR count). The third-order valence-corrected chi connectivity index (χ3v) is 4.79. The van der Waals surface area contributed by atoms with E-state index in [2.05, 4.69) is 4.98 Å². The topological polar surface area (TPSA) is 93.3 Å². The number of anilines is 2. The number of halogens is 1. The summed E-state index contributed by atoms with van der Waals surface area (Å²) in [5.41, 5.74) is 6.39. The Morgan fingerprint density at radius 1 is 1.10 bits per heavy atom. The van der Waals surface area contributed by atoms with Gasteiger partial charge in [-0.1, -0.05) is 41.9 Å². The second-order valence-electron chi connectivity index (χ2n) is 6.45. The number of nitrogens with one attached hydrogen (secondary N) is 1. The molecule has 0 saturated carbocycles. The zero-order valence-electron chi connectivity index (χ0n) is 16.1. The molecule has 0 amide bonds. The fourth-order valence-corrected chi connectivity index (χ4v) is 3.16. The van der Waals surface area contributed by atoms with Crippen LogP contribution in [0.3, 0.4) is 0 Å². The average molecular weight is 415 g/mol. The first-order valence-electron chi connectivity index (χ1n) is 9.29. The lowest BCUT2D eigenvalue weighted by atomic mass is 10.2. The largest absolute Gasteiger partial charge is 0.492 e. The summed E-state index contributed by atoms with van der Waals surface area (Å²) in [6.45, 7) is 3.48. The van der Waals surface area contributed by atoms with Crippen LogP contribution in [0.2, 0.25) is 5.02 Å². The number of aromatic amines is 1. The number of nitrogens with zero attached hydrogens (tertiary/aromatic N) is 2. The molecular weight excluding hydrogens is 392 g/mol. The number of benzene rings is 2. The maximum Gasteiger partial charge on any atom is 0.330 e. The zero-order valence-corrected chi connectivity index (χ0v) is 16.9. The van der Waals surface area contributed by atoms with Gasteiger partial charge in [-0.05, 0) is 36.8 Å². The van der Waals surface area contributed by atoms with Gasteiger partial charge in [0.25, 0.3) is 5.56 Å². The van der Waals surface area contributed by atoms with Gasteiger partial charge in [0.2, 0.25) is 0 Å². The summed E-state index contributed by atoms with van der Waals surface area (Å²) in [4.78, 5) is 29.0. The predicted molar refractivity (Wildman–Crippen MR) is 116 cm³/mol. The number of H-pyrrole nitrogens is 1. The molecule has 152 valence electrons. The van der Waals surface area contributed by atoms with E-state index in [1.165, 1.54) is 4.57 Å². The minimum atomic E-state index is -0.534. The fourth-order valence-electron chi connectivity index (χ4n) is 3.04. The van der Waals surface area contributed by atoms with E-state index in [-0.39, 0.29) is 18.1 Å². The molecule has 1 heterocycles. The molecule has 0 unspecified atom stereocenters. The van der Waals surface area contributed by atoms with E-state index in [4.69, 9.17) is 22.1 Å². The fraction of sp³-hybridized carbons (Fsp3) is 0.238. The smallest absolute Gasteiger partial charge is 0.330 e. The van der Waals surface area contributed by atoms with Crippen LogP contribution in [0.15, 0.2) is 64.2 Å². The third-order valence-electron chi connectivity index (χ3n) is 4.54. The molecular formula is C21H23ClN4O3. The van der Waals surface area contributed by atoms with E-state index in [0.29, 0.717) is 30.5 Å². The average Bonchev–Trinajstić information content (AvgIpc) is 2.72. The lowest BCUT2D eigenvalue weighted by Gasteiger charge is -2.24. The van der Waals surface area contributed by atoms with Gasteiger partial charge in [0, 0.05) is 11.6 Å². The van der Waals surface area contributed by atoms with Gasteiger partial charge in [-0.15, -0.1) is 0 Å². The van der Waals surface area contributed by atoms with Crippen LogP contribution in [0, 0.1) is 0 Å². The Bertz CT molecular complexity index is 1060. The number of hydrogen-bond donors (Lipinski definition) is 2. The van der Waals surface area contributed by atoms with Crippen molar-refractivity contribution in [2.75, 3.05) is 30.3 Å². The lowest BCUT2D eigenvalue weighted by molar-refractivity contribution is 0.324. The van der Waals surface area contributed by atoms with Crippen LogP contribution in [0.4, 0.5) is 11.5 Å². The molecule has 8 heteroatoms. The first-order valence-corrected chi connectivity index (χ1v) is 9.67. The van der Waals surface area contributed by atoms with Gasteiger partial charge >= 0.3 is 5.69 Å². The van der Waals surface area contributed by atoms with Crippen molar-refractivity contribution >= 4 is 23.1 Å². The molecule has 7 nitrogen and oxygen atoms in total. The van der Waals surface area contributed by atoms with E-state index in [9.17, 15) is 9.59 Å². The van der Waals surface area contributed by atoms with E-state index >= 15 is 0 Å². The molecule has 2 aromatic carbocycles. The SMILES string of the molecule is CCN(CCOc1ccc(Cl)cc1)c1c(N)n(Cc2ccccc2)c(=O)[nH]c1=O. The molecule has 3 N–H and O–H groups in total. The Morgan fingerprint density at radius 3 is 2.45 bits per heavy atom. The van der Waals surface area contributed by atoms with Crippen molar-refractivity contribution in [2.45, 2.75) is 13.5 Å². The van der Waals surface area contributed by atoms with Crippen LogP contribution < -0.4 is 26.6 Å². The second-order valence-corrected chi connectivity index (χ2v) is 6.88. The van der Waals surface area contributed by atoms with Crippen LogP contribution in [0.1, 0.15) is 12.5 Å². The summed E-state index contributed by atoms with van der Waals surface area (Å²) in [5, 5.41) is 0.632. The molecule has 0 aliphatic heterocycles. The summed E-state index contributed by atoms with van der Waals surface area (Å²) in [6.07, 6.45) is 0. The van der Waals surface area contributed by atoms with Crippen molar-refractivity contribution in [3.05, 3.63) is 86.0 Å². The van der Waals surface area contributed by atoms with E-state index in [0.717, 1.165) is 5.56 Å². The molecule has 29 heavy (non-hydrogen) atoms. The summed E-state index contributed by atoms with van der Waals surface area (Å²) >= 11 is 5.88. The molecule has 0 aliphatic rings. The summed E-state index contributed by atoms with van der Waals surface area (Å²) in [7, 11) is 0. The highest BCUT2D eigenvalue weighted by molar-refractivity contribution is 6.30. The van der Waals surface area contributed by atoms with E-state index < -0.39 is 11.2 Å². The first kappa shape index (κ1) is 20.5. The Hall–Kier alpha value is -3.19. The van der Waals surface area contributed by atoms with Crippen molar-refractivity contribution in [3.63, 3.8) is 0 Å². The molecule has 0 fully saturated rings. The number of ether oxygens (including phenoxy) is 1. The summed E-state index contributed by atoms with van der Waals surface area (Å²) in [5.74, 6) is 0.817. The van der Waals surface area contributed by atoms with Gasteiger partial charge in [0.15, 0.2) is 0 Å². The van der Waals surface area contributed by atoms with E-state index in [1.807, 2.05) is 37.3 Å². The predicted octanol–water partition coefficient (Wildman–Crippen LogP) is 2.73. The first-order chi connectivity index (χ1) is 14.0. The minimum Gasteiger partial charge on any atom is -0.492 e. The van der Waals surface area contributed by atoms with Gasteiger partial charge < -0.3 is 15.4 Å². The monoisotopic (exact) mass is 414 g/mol. The summed E-state index contributed by atoms with van der Waals surface area (Å²) < 4.78 is 7.09. The van der Waals surface area contributed by atoms with Crippen molar-refractivity contribution < 1.29 is 4.74 Å². The zero-order chi connectivity index (χ0) is 20.8. The highest BCUT2D eigenvalue weighted by Gasteiger charge is 2.18. The maximum absolute atomic E-state index is 12.5. The maximum atomic E-state index is 12.5. The number of likely N-dealkylation sites (N-methyl/N-ethyl adjacent to an activating group) is 1. The van der Waals surface area contributed by atoms with Crippen molar-refractivity contribution in [1.82, 2.24) is 9.55 Å². The lowest BCUT2D eigenvalue weighted by Crippen LogP contribution is -2.40. The normalized spacial score (nSPS) is 10.7.